The molecular weight excluding hydrogens is 707 g/mol. The van der Waals surface area contributed by atoms with Gasteiger partial charge in [-0.1, -0.05) is 217 Å². The monoisotopic (exact) mass is 804 g/mol. The number of hydrogen-bond acceptors (Lipinski definition) is 5. The summed E-state index contributed by atoms with van der Waals surface area (Å²) in [6, 6.07) is -1.01. The predicted molar refractivity (Wildman–Crippen MR) is 247 cm³/mol. The van der Waals surface area contributed by atoms with Crippen LogP contribution >= 0.6 is 0 Å². The Hall–Kier alpha value is -1.47. The zero-order valence-corrected chi connectivity index (χ0v) is 37.8. The van der Waals surface area contributed by atoms with Gasteiger partial charge in [0.15, 0.2) is 0 Å². The molecule has 0 fully saturated rings. The number of carbonyl (C=O) groups is 1. The van der Waals surface area contributed by atoms with Crippen LogP contribution in [0.5, 0.6) is 0 Å². The third kappa shape index (κ3) is 39.7. The Morgan fingerprint density at radius 2 is 0.789 bits per heavy atom. The maximum Gasteiger partial charge on any atom is 0.249 e. The first-order valence-corrected chi connectivity index (χ1v) is 24.9. The molecule has 0 heterocycles. The second-order valence-electron chi connectivity index (χ2n) is 17.1. The van der Waals surface area contributed by atoms with Crippen molar-refractivity contribution in [1.82, 2.24) is 5.32 Å². The predicted octanol–water partition coefficient (Wildman–Crippen LogP) is 13.7. The molecule has 0 saturated heterocycles. The Morgan fingerprint density at radius 1 is 0.439 bits per heavy atom. The molecule has 4 unspecified atom stereocenters. The fraction of sp³-hybridized carbons (Fsp3) is 0.863. The normalized spacial score (nSPS) is 14.3. The fourth-order valence-corrected chi connectivity index (χ4v) is 7.66. The molecule has 0 aliphatic carbocycles. The third-order valence-electron chi connectivity index (χ3n) is 11.6. The van der Waals surface area contributed by atoms with Gasteiger partial charge in [0.2, 0.25) is 5.91 Å². The molecule has 0 rings (SSSR count). The zero-order valence-electron chi connectivity index (χ0n) is 37.8. The molecule has 336 valence electrons. The molecule has 5 N–H and O–H groups in total. The molecule has 0 saturated carbocycles. The lowest BCUT2D eigenvalue weighted by molar-refractivity contribution is -0.132. The first kappa shape index (κ1) is 55.5. The van der Waals surface area contributed by atoms with Gasteiger partial charge in [-0.25, -0.2) is 0 Å². The number of allylic oxidation sites excluding steroid dienone is 6. The average molecular weight is 804 g/mol. The van der Waals surface area contributed by atoms with Crippen molar-refractivity contribution in [2.24, 2.45) is 0 Å². The summed E-state index contributed by atoms with van der Waals surface area (Å²) in [7, 11) is 0. The minimum absolute atomic E-state index is 0.361. The van der Waals surface area contributed by atoms with Crippen molar-refractivity contribution < 1.29 is 25.2 Å². The van der Waals surface area contributed by atoms with Crippen molar-refractivity contribution in [2.75, 3.05) is 6.61 Å². The van der Waals surface area contributed by atoms with Crippen LogP contribution in [0.15, 0.2) is 36.5 Å². The van der Waals surface area contributed by atoms with E-state index in [-0.39, 0.29) is 0 Å². The number of nitrogens with one attached hydrogen (secondary N) is 1. The quantitative estimate of drug-likeness (QED) is 0.0311. The highest BCUT2D eigenvalue weighted by Gasteiger charge is 2.28. The fourth-order valence-electron chi connectivity index (χ4n) is 7.66. The SMILES string of the molecule is CC/C=C/CC/C=C/CCCC(O)C(O)C(CO)NC(=O)C(O)CCCCCCCCCCCCCCCCCC/C=C\CCCCCCCCCCCCCC. The minimum Gasteiger partial charge on any atom is -0.394 e. The van der Waals surface area contributed by atoms with E-state index in [4.69, 9.17) is 0 Å². The van der Waals surface area contributed by atoms with E-state index < -0.39 is 36.9 Å². The Bertz CT molecular complexity index is 904. The largest absolute Gasteiger partial charge is 0.394 e. The van der Waals surface area contributed by atoms with Crippen LogP contribution in [0.1, 0.15) is 251 Å². The van der Waals surface area contributed by atoms with Gasteiger partial charge in [0.1, 0.15) is 12.2 Å². The molecule has 1 amide bonds. The van der Waals surface area contributed by atoms with Crippen LogP contribution in [0.3, 0.4) is 0 Å². The molecule has 0 aliphatic rings. The summed E-state index contributed by atoms with van der Waals surface area (Å²) in [5, 5.41) is 43.5. The van der Waals surface area contributed by atoms with Crippen LogP contribution in [-0.2, 0) is 4.79 Å². The van der Waals surface area contributed by atoms with Crippen LogP contribution in [0, 0.1) is 0 Å². The second-order valence-corrected chi connectivity index (χ2v) is 17.1. The Labute approximate surface area is 354 Å². The van der Waals surface area contributed by atoms with E-state index in [1.165, 1.54) is 173 Å². The number of carbonyl (C=O) groups excluding carboxylic acids is 1. The lowest BCUT2D eigenvalue weighted by Crippen LogP contribution is -2.53. The van der Waals surface area contributed by atoms with Gasteiger partial charge in [0.25, 0.3) is 0 Å². The molecule has 0 aromatic rings. The molecule has 6 heteroatoms. The third-order valence-corrected chi connectivity index (χ3v) is 11.6. The summed E-state index contributed by atoms with van der Waals surface area (Å²) < 4.78 is 0. The smallest absolute Gasteiger partial charge is 0.249 e. The summed E-state index contributed by atoms with van der Waals surface area (Å²) in [5.74, 6) is -0.598. The van der Waals surface area contributed by atoms with Crippen molar-refractivity contribution >= 4 is 5.91 Å². The van der Waals surface area contributed by atoms with Gasteiger partial charge >= 0.3 is 0 Å². The van der Waals surface area contributed by atoms with E-state index in [1.54, 1.807) is 0 Å². The number of unbranched alkanes of at least 4 members (excludes halogenated alkanes) is 30. The highest BCUT2D eigenvalue weighted by Crippen LogP contribution is 2.17. The van der Waals surface area contributed by atoms with Crippen molar-refractivity contribution in [1.29, 1.82) is 0 Å². The van der Waals surface area contributed by atoms with E-state index in [0.29, 0.717) is 19.3 Å². The highest BCUT2D eigenvalue weighted by atomic mass is 16.3. The van der Waals surface area contributed by atoms with Crippen molar-refractivity contribution in [2.45, 2.75) is 276 Å². The van der Waals surface area contributed by atoms with Crippen molar-refractivity contribution in [3.05, 3.63) is 36.5 Å². The van der Waals surface area contributed by atoms with E-state index in [1.807, 2.05) is 0 Å². The molecule has 6 nitrogen and oxygen atoms in total. The average Bonchev–Trinajstić information content (AvgIpc) is 3.22. The first-order valence-electron chi connectivity index (χ1n) is 24.9. The van der Waals surface area contributed by atoms with Crippen LogP contribution < -0.4 is 5.32 Å². The number of rotatable bonds is 45. The summed E-state index contributed by atoms with van der Waals surface area (Å²) in [6.45, 7) is 3.91. The molecule has 0 spiro atoms. The van der Waals surface area contributed by atoms with Gasteiger partial charge in [-0.3, -0.25) is 4.79 Å². The lowest BCUT2D eigenvalue weighted by Gasteiger charge is -2.27. The Kier molecular flexibility index (Phi) is 44.4. The van der Waals surface area contributed by atoms with Gasteiger partial charge in [0, 0.05) is 0 Å². The van der Waals surface area contributed by atoms with E-state index in [9.17, 15) is 25.2 Å². The molecule has 4 atom stereocenters. The molecule has 0 aliphatic heterocycles. The molecular formula is C51H97NO5. The highest BCUT2D eigenvalue weighted by molar-refractivity contribution is 5.80. The zero-order chi connectivity index (χ0) is 41.7. The Morgan fingerprint density at radius 3 is 1.19 bits per heavy atom. The number of aliphatic hydroxyl groups excluding tert-OH is 4. The van der Waals surface area contributed by atoms with Gasteiger partial charge in [0.05, 0.1) is 18.8 Å². The summed E-state index contributed by atoms with van der Waals surface area (Å²) in [4.78, 5) is 12.5. The van der Waals surface area contributed by atoms with Gasteiger partial charge < -0.3 is 25.7 Å². The first-order chi connectivity index (χ1) is 28.0. The molecule has 0 aromatic heterocycles. The number of hydrogen-bond donors (Lipinski definition) is 5. The van der Waals surface area contributed by atoms with Crippen LogP contribution in [-0.4, -0.2) is 57.3 Å². The van der Waals surface area contributed by atoms with Crippen LogP contribution in [0.2, 0.25) is 0 Å². The maximum atomic E-state index is 12.5. The lowest BCUT2D eigenvalue weighted by atomic mass is 10.00. The Balaban J connectivity index is 3.54. The molecule has 0 radical (unpaired) electrons. The number of aliphatic hydroxyl groups is 4. The van der Waals surface area contributed by atoms with E-state index in [0.717, 1.165) is 44.9 Å². The maximum absolute atomic E-state index is 12.5. The van der Waals surface area contributed by atoms with Gasteiger partial charge in [-0.15, -0.1) is 0 Å². The topological polar surface area (TPSA) is 110 Å². The molecule has 0 bridgehead atoms. The summed E-state index contributed by atoms with van der Waals surface area (Å²) in [6.07, 6.45) is 55.2. The van der Waals surface area contributed by atoms with Crippen molar-refractivity contribution in [3.8, 4) is 0 Å². The van der Waals surface area contributed by atoms with E-state index >= 15 is 0 Å². The second kappa shape index (κ2) is 45.6. The van der Waals surface area contributed by atoms with Gasteiger partial charge in [-0.2, -0.15) is 0 Å². The molecule has 0 aromatic carbocycles. The minimum atomic E-state index is -1.29. The molecule has 57 heavy (non-hydrogen) atoms. The standard InChI is InChI=1S/C51H97NO5/c1-3-5-7-9-11-13-14-15-16-17-18-19-20-21-22-23-24-25-26-27-28-29-30-31-32-33-34-35-37-39-41-43-45-49(55)51(57)52-47(46-53)50(56)48(54)44-42-40-38-36-12-10-8-6-4-2/h6,8,21-22,36,38,47-50,53-56H,3-5,7,9-20,23-35,37,39-46H2,1-2H3,(H,52,57)/b8-6+,22-21-,38-36+. The van der Waals surface area contributed by atoms with Crippen LogP contribution in [0.25, 0.3) is 0 Å². The van der Waals surface area contributed by atoms with Gasteiger partial charge in [-0.05, 0) is 70.6 Å². The van der Waals surface area contributed by atoms with Crippen molar-refractivity contribution in [3.63, 3.8) is 0 Å². The summed E-state index contributed by atoms with van der Waals surface area (Å²) >= 11 is 0. The van der Waals surface area contributed by atoms with Crippen LogP contribution in [0.4, 0.5) is 0 Å². The summed E-state index contributed by atoms with van der Waals surface area (Å²) in [5.41, 5.74) is 0. The number of amides is 1. The van der Waals surface area contributed by atoms with E-state index in [2.05, 4.69) is 55.6 Å².